The number of carbonyl (C=O) groups is 2. The van der Waals surface area contributed by atoms with E-state index < -0.39 is 0 Å². The van der Waals surface area contributed by atoms with Crippen molar-refractivity contribution in [2.24, 2.45) is 0 Å². The normalized spacial score (nSPS) is 14.8. The minimum Gasteiger partial charge on any atom is -0.454 e. The van der Waals surface area contributed by atoms with Crippen LogP contribution in [-0.4, -0.2) is 65.4 Å². The van der Waals surface area contributed by atoms with Crippen LogP contribution in [0.2, 0.25) is 0 Å². The van der Waals surface area contributed by atoms with E-state index in [9.17, 15) is 9.59 Å². The van der Waals surface area contributed by atoms with Crippen molar-refractivity contribution in [3.05, 3.63) is 47.7 Å². The van der Waals surface area contributed by atoms with Crippen LogP contribution in [0.5, 0.6) is 0 Å². The van der Waals surface area contributed by atoms with Crippen molar-refractivity contribution in [2.75, 3.05) is 39.3 Å². The second-order valence-electron chi connectivity index (χ2n) is 7.96. The summed E-state index contributed by atoms with van der Waals surface area (Å²) in [4.78, 5) is 30.3. The number of piperazine rings is 1. The Kier molecular flexibility index (Phi) is 7.74. The number of carbonyl (C=O) groups excluding carboxylic acids is 2. The molecule has 30 heavy (non-hydrogen) atoms. The van der Waals surface area contributed by atoms with Crippen LogP contribution in [0.15, 0.2) is 34.9 Å². The van der Waals surface area contributed by atoms with Gasteiger partial charge in [-0.3, -0.25) is 9.59 Å². The van der Waals surface area contributed by atoms with Gasteiger partial charge in [0.1, 0.15) is 5.76 Å². The molecule has 0 atom stereocenters. The van der Waals surface area contributed by atoms with E-state index in [1.807, 2.05) is 41.1 Å². The Morgan fingerprint density at radius 3 is 2.57 bits per heavy atom. The number of amides is 2. The molecule has 0 unspecified atom stereocenters. The number of hydrogen-bond donors (Lipinski definition) is 1. The second-order valence-corrected chi connectivity index (χ2v) is 7.96. The van der Waals surface area contributed by atoms with Crippen molar-refractivity contribution in [1.29, 1.82) is 0 Å². The molecule has 1 aliphatic rings. The van der Waals surface area contributed by atoms with Crippen LogP contribution in [0.3, 0.4) is 0 Å². The molecule has 1 aliphatic heterocycles. The standard InChI is InChI=1S/C23H34N4O3/c1-4-11-27(22(28)5-2)17-19-8-7-12-26(19)18-20-9-10-21(30-20)23(29)25-15-13-24(6-3)14-16-25/h7-10,12H,4-6,11,13-18H2,1-3H3/p+1. The van der Waals surface area contributed by atoms with Crippen molar-refractivity contribution in [2.45, 2.75) is 46.7 Å². The minimum absolute atomic E-state index is 0.0215. The fourth-order valence-electron chi connectivity index (χ4n) is 4.01. The summed E-state index contributed by atoms with van der Waals surface area (Å²) < 4.78 is 7.99. The Balaban J connectivity index is 1.63. The summed E-state index contributed by atoms with van der Waals surface area (Å²) >= 11 is 0. The van der Waals surface area contributed by atoms with Crippen LogP contribution in [0.4, 0.5) is 0 Å². The molecule has 1 saturated heterocycles. The lowest BCUT2D eigenvalue weighted by atomic mass is 10.3. The fourth-order valence-corrected chi connectivity index (χ4v) is 4.01. The molecular formula is C23H35N4O3+. The summed E-state index contributed by atoms with van der Waals surface area (Å²) in [6.07, 6.45) is 3.44. The zero-order valence-electron chi connectivity index (χ0n) is 18.5. The second kappa shape index (κ2) is 10.5. The summed E-state index contributed by atoms with van der Waals surface area (Å²) in [5.74, 6) is 1.30. The number of furan rings is 1. The smallest absolute Gasteiger partial charge is 0.289 e. The van der Waals surface area contributed by atoms with Crippen molar-refractivity contribution in [3.8, 4) is 0 Å². The van der Waals surface area contributed by atoms with Crippen LogP contribution < -0.4 is 4.90 Å². The van der Waals surface area contributed by atoms with Crippen molar-refractivity contribution < 1.29 is 18.9 Å². The van der Waals surface area contributed by atoms with Gasteiger partial charge in [0.2, 0.25) is 5.91 Å². The molecule has 0 aliphatic carbocycles. The molecule has 1 fully saturated rings. The molecule has 7 nitrogen and oxygen atoms in total. The first kappa shape index (κ1) is 22.2. The summed E-state index contributed by atoms with van der Waals surface area (Å²) in [6, 6.07) is 7.69. The van der Waals surface area contributed by atoms with E-state index in [0.29, 0.717) is 25.3 Å². The largest absolute Gasteiger partial charge is 0.454 e. The lowest BCUT2D eigenvalue weighted by Crippen LogP contribution is -3.14. The third-order valence-electron chi connectivity index (χ3n) is 5.88. The van der Waals surface area contributed by atoms with Crippen LogP contribution in [0.25, 0.3) is 0 Å². The van der Waals surface area contributed by atoms with Crippen molar-refractivity contribution in [3.63, 3.8) is 0 Å². The highest BCUT2D eigenvalue weighted by molar-refractivity contribution is 5.91. The van der Waals surface area contributed by atoms with E-state index >= 15 is 0 Å². The predicted octanol–water partition coefficient (Wildman–Crippen LogP) is 1.64. The zero-order chi connectivity index (χ0) is 21.5. The maximum absolute atomic E-state index is 12.8. The average Bonchev–Trinajstić information content (AvgIpc) is 3.42. The molecule has 0 aromatic carbocycles. The Hall–Kier alpha value is -2.54. The molecule has 2 aromatic rings. The van der Waals surface area contributed by atoms with E-state index in [2.05, 4.69) is 18.4 Å². The van der Waals surface area contributed by atoms with Gasteiger partial charge in [0, 0.05) is 24.9 Å². The number of nitrogens with zero attached hydrogens (tertiary/aromatic N) is 3. The SMILES string of the molecule is CCCN(Cc1cccn1Cc1ccc(C(=O)N2CC[NH+](CC)CC2)o1)C(=O)CC. The van der Waals surface area contributed by atoms with Gasteiger partial charge in [-0.15, -0.1) is 0 Å². The Morgan fingerprint density at radius 1 is 1.13 bits per heavy atom. The van der Waals surface area contributed by atoms with Gasteiger partial charge in [0.25, 0.3) is 5.91 Å². The van der Waals surface area contributed by atoms with E-state index in [-0.39, 0.29) is 11.8 Å². The van der Waals surface area contributed by atoms with Gasteiger partial charge in [-0.25, -0.2) is 0 Å². The first-order chi connectivity index (χ1) is 14.5. The quantitative estimate of drug-likeness (QED) is 0.677. The molecule has 164 valence electrons. The highest BCUT2D eigenvalue weighted by Gasteiger charge is 2.25. The molecule has 2 amide bonds. The number of likely N-dealkylation sites (N-methyl/N-ethyl adjacent to an activating group) is 1. The maximum Gasteiger partial charge on any atom is 0.289 e. The molecule has 0 bridgehead atoms. The van der Waals surface area contributed by atoms with E-state index in [4.69, 9.17) is 4.42 Å². The molecule has 3 rings (SSSR count). The highest BCUT2D eigenvalue weighted by Crippen LogP contribution is 2.15. The maximum atomic E-state index is 12.8. The third kappa shape index (κ3) is 5.33. The number of quaternary nitrogens is 1. The number of rotatable bonds is 9. The number of hydrogen-bond acceptors (Lipinski definition) is 3. The zero-order valence-corrected chi connectivity index (χ0v) is 18.5. The minimum atomic E-state index is -0.0215. The lowest BCUT2D eigenvalue weighted by molar-refractivity contribution is -0.902. The van der Waals surface area contributed by atoms with Gasteiger partial charge < -0.3 is 23.7 Å². The monoisotopic (exact) mass is 415 g/mol. The molecule has 1 N–H and O–H groups in total. The highest BCUT2D eigenvalue weighted by atomic mass is 16.4. The molecular weight excluding hydrogens is 380 g/mol. The molecule has 3 heterocycles. The average molecular weight is 416 g/mol. The summed E-state index contributed by atoms with van der Waals surface area (Å²) in [7, 11) is 0. The first-order valence-electron chi connectivity index (χ1n) is 11.2. The van der Waals surface area contributed by atoms with Gasteiger partial charge in [0.05, 0.1) is 45.8 Å². The Labute approximate surface area is 179 Å². The van der Waals surface area contributed by atoms with Gasteiger partial charge in [-0.05, 0) is 37.6 Å². The van der Waals surface area contributed by atoms with E-state index in [1.54, 1.807) is 6.07 Å². The summed E-state index contributed by atoms with van der Waals surface area (Å²) in [6.45, 7) is 12.7. The molecule has 0 radical (unpaired) electrons. The van der Waals surface area contributed by atoms with Gasteiger partial charge in [-0.2, -0.15) is 0 Å². The van der Waals surface area contributed by atoms with E-state index in [0.717, 1.165) is 57.1 Å². The number of aromatic nitrogens is 1. The van der Waals surface area contributed by atoms with Crippen LogP contribution in [0, 0.1) is 0 Å². The fraction of sp³-hybridized carbons (Fsp3) is 0.565. The molecule has 2 aromatic heterocycles. The van der Waals surface area contributed by atoms with Gasteiger partial charge >= 0.3 is 0 Å². The Morgan fingerprint density at radius 2 is 1.90 bits per heavy atom. The molecule has 7 heteroatoms. The molecule has 0 spiro atoms. The summed E-state index contributed by atoms with van der Waals surface area (Å²) in [5, 5.41) is 0. The van der Waals surface area contributed by atoms with Gasteiger partial charge in [0.15, 0.2) is 5.76 Å². The predicted molar refractivity (Wildman–Crippen MR) is 115 cm³/mol. The van der Waals surface area contributed by atoms with Crippen LogP contribution >= 0.6 is 0 Å². The topological polar surface area (TPSA) is 63.1 Å². The summed E-state index contributed by atoms with van der Waals surface area (Å²) in [5.41, 5.74) is 1.06. The first-order valence-corrected chi connectivity index (χ1v) is 11.2. The van der Waals surface area contributed by atoms with E-state index in [1.165, 1.54) is 4.90 Å². The Bertz CT molecular complexity index is 833. The van der Waals surface area contributed by atoms with Crippen LogP contribution in [-0.2, 0) is 17.9 Å². The van der Waals surface area contributed by atoms with Crippen LogP contribution in [0.1, 0.15) is 55.6 Å². The third-order valence-corrected chi connectivity index (χ3v) is 5.88. The lowest BCUT2D eigenvalue weighted by Gasteiger charge is -2.31. The van der Waals surface area contributed by atoms with Crippen molar-refractivity contribution in [1.82, 2.24) is 14.4 Å². The van der Waals surface area contributed by atoms with Gasteiger partial charge in [-0.1, -0.05) is 13.8 Å². The number of nitrogens with one attached hydrogen (secondary N) is 1. The molecule has 0 saturated carbocycles. The van der Waals surface area contributed by atoms with Crippen molar-refractivity contribution >= 4 is 11.8 Å².